The summed E-state index contributed by atoms with van der Waals surface area (Å²) in [7, 11) is 0. The molecule has 0 amide bonds. The van der Waals surface area contributed by atoms with Gasteiger partial charge >= 0.3 is 0 Å². The van der Waals surface area contributed by atoms with Crippen LogP contribution in [0.3, 0.4) is 0 Å². The molecule has 0 unspecified atom stereocenters. The maximum Gasteiger partial charge on any atom is 0.130 e. The van der Waals surface area contributed by atoms with E-state index in [1.165, 1.54) is 18.6 Å². The summed E-state index contributed by atoms with van der Waals surface area (Å²) in [6, 6.07) is 0. The van der Waals surface area contributed by atoms with Gasteiger partial charge < -0.3 is 0 Å². The lowest BCUT2D eigenvalue weighted by molar-refractivity contribution is -0.116. The second-order valence-corrected chi connectivity index (χ2v) is 3.64. The number of hydrogen-bond donors (Lipinski definition) is 0. The summed E-state index contributed by atoms with van der Waals surface area (Å²) < 4.78 is 0. The van der Waals surface area contributed by atoms with Crippen LogP contribution in [0.25, 0.3) is 0 Å². The van der Waals surface area contributed by atoms with Crippen LogP contribution in [0.15, 0.2) is 0 Å². The molecule has 0 rings (SSSR count). The van der Waals surface area contributed by atoms with Crippen LogP contribution in [0.4, 0.5) is 0 Å². The van der Waals surface area contributed by atoms with Crippen molar-refractivity contribution in [3.63, 3.8) is 0 Å². The van der Waals surface area contributed by atoms with E-state index in [9.17, 15) is 4.79 Å². The molecule has 10 heavy (non-hydrogen) atoms. The Balaban J connectivity index is 2.84. The average Bonchev–Trinajstić information content (AvgIpc) is 1.87. The first kappa shape index (κ1) is 10.0. The van der Waals surface area contributed by atoms with Gasteiger partial charge in [0.1, 0.15) is 5.78 Å². The van der Waals surface area contributed by atoms with Crippen molar-refractivity contribution in [2.45, 2.75) is 33.1 Å². The Bertz CT molecular complexity index is 91.3. The third-order valence-corrected chi connectivity index (χ3v) is 2.31. The molecular weight excluding hydrogens is 144 g/mol. The fraction of sp³-hybridized carbons (Fsp3) is 0.875. The Labute approximate surface area is 67.6 Å². The molecule has 2 heteroatoms. The van der Waals surface area contributed by atoms with E-state index in [-0.39, 0.29) is 0 Å². The van der Waals surface area contributed by atoms with Crippen LogP contribution < -0.4 is 0 Å². The molecular formula is C8H16OS. The molecule has 0 aromatic carbocycles. The summed E-state index contributed by atoms with van der Waals surface area (Å²) >= 11 is 1.89. The Morgan fingerprint density at radius 1 is 1.40 bits per heavy atom. The number of hydrogen-bond acceptors (Lipinski definition) is 2. The quantitative estimate of drug-likeness (QED) is 0.555. The van der Waals surface area contributed by atoms with Crippen molar-refractivity contribution in [1.82, 2.24) is 0 Å². The summed E-state index contributed by atoms with van der Waals surface area (Å²) in [4.78, 5) is 10.5. The van der Waals surface area contributed by atoms with E-state index in [1.54, 1.807) is 6.92 Å². The summed E-state index contributed by atoms with van der Waals surface area (Å²) in [6.07, 6.45) is 3.28. The fourth-order valence-corrected chi connectivity index (χ4v) is 1.69. The molecule has 0 aromatic rings. The molecule has 0 spiro atoms. The number of unbranched alkanes of at least 4 members (excludes halogenated alkanes) is 1. The molecule has 0 aliphatic rings. The van der Waals surface area contributed by atoms with Gasteiger partial charge in [-0.15, -0.1) is 0 Å². The van der Waals surface area contributed by atoms with E-state index < -0.39 is 0 Å². The predicted molar refractivity (Wildman–Crippen MR) is 47.5 cm³/mol. The topological polar surface area (TPSA) is 17.1 Å². The third kappa shape index (κ3) is 8.02. The van der Waals surface area contributed by atoms with Crippen LogP contribution in [0, 0.1) is 0 Å². The highest BCUT2D eigenvalue weighted by Crippen LogP contribution is 2.05. The van der Waals surface area contributed by atoms with Gasteiger partial charge in [0.15, 0.2) is 0 Å². The van der Waals surface area contributed by atoms with Crippen LogP contribution in [-0.4, -0.2) is 17.3 Å². The minimum atomic E-state index is 0.309. The maximum absolute atomic E-state index is 10.5. The Kier molecular flexibility index (Phi) is 7.15. The lowest BCUT2D eigenvalue weighted by atomic mass is 10.4. The zero-order valence-electron chi connectivity index (χ0n) is 6.85. The lowest BCUT2D eigenvalue weighted by Gasteiger charge is -1.96. The van der Waals surface area contributed by atoms with E-state index in [4.69, 9.17) is 0 Å². The summed E-state index contributed by atoms with van der Waals surface area (Å²) in [5.74, 6) is 2.53. The fourth-order valence-electron chi connectivity index (χ4n) is 0.564. The second kappa shape index (κ2) is 7.13. The maximum atomic E-state index is 10.5. The summed E-state index contributed by atoms with van der Waals surface area (Å²) in [5, 5.41) is 0. The van der Waals surface area contributed by atoms with Crippen LogP contribution in [-0.2, 0) is 4.79 Å². The minimum absolute atomic E-state index is 0.309. The SMILES string of the molecule is CCCCSCCC(C)=O. The van der Waals surface area contributed by atoms with E-state index in [2.05, 4.69) is 6.92 Å². The van der Waals surface area contributed by atoms with Crippen molar-refractivity contribution in [2.24, 2.45) is 0 Å². The van der Waals surface area contributed by atoms with Crippen LogP contribution in [0.2, 0.25) is 0 Å². The van der Waals surface area contributed by atoms with Crippen molar-refractivity contribution in [3.05, 3.63) is 0 Å². The molecule has 0 aliphatic carbocycles. The molecule has 0 aliphatic heterocycles. The lowest BCUT2D eigenvalue weighted by Crippen LogP contribution is -1.92. The first-order valence-corrected chi connectivity index (χ1v) is 5.00. The summed E-state index contributed by atoms with van der Waals surface area (Å²) in [5.41, 5.74) is 0. The van der Waals surface area contributed by atoms with Crippen molar-refractivity contribution >= 4 is 17.5 Å². The highest BCUT2D eigenvalue weighted by molar-refractivity contribution is 7.99. The van der Waals surface area contributed by atoms with Crippen molar-refractivity contribution in [3.8, 4) is 0 Å². The first-order valence-electron chi connectivity index (χ1n) is 3.84. The van der Waals surface area contributed by atoms with Crippen molar-refractivity contribution in [2.75, 3.05) is 11.5 Å². The number of carbonyl (C=O) groups is 1. The first-order chi connectivity index (χ1) is 4.77. The molecule has 0 aromatic heterocycles. The monoisotopic (exact) mass is 160 g/mol. The van der Waals surface area contributed by atoms with E-state index in [0.717, 1.165) is 12.2 Å². The van der Waals surface area contributed by atoms with E-state index >= 15 is 0 Å². The number of ketones is 1. The van der Waals surface area contributed by atoms with Crippen LogP contribution in [0.5, 0.6) is 0 Å². The largest absolute Gasteiger partial charge is 0.300 e. The van der Waals surface area contributed by atoms with Gasteiger partial charge in [-0.05, 0) is 19.1 Å². The van der Waals surface area contributed by atoms with E-state index in [1.807, 2.05) is 11.8 Å². The molecule has 0 saturated carbocycles. The van der Waals surface area contributed by atoms with E-state index in [0.29, 0.717) is 5.78 Å². The molecule has 0 saturated heterocycles. The number of carbonyl (C=O) groups excluding carboxylic acids is 1. The van der Waals surface area contributed by atoms with Gasteiger partial charge in [0.25, 0.3) is 0 Å². The molecule has 0 heterocycles. The third-order valence-electron chi connectivity index (χ3n) is 1.24. The minimum Gasteiger partial charge on any atom is -0.300 e. The number of rotatable bonds is 6. The average molecular weight is 160 g/mol. The van der Waals surface area contributed by atoms with Crippen molar-refractivity contribution in [1.29, 1.82) is 0 Å². The van der Waals surface area contributed by atoms with Gasteiger partial charge in [-0.2, -0.15) is 11.8 Å². The van der Waals surface area contributed by atoms with Crippen LogP contribution in [0.1, 0.15) is 33.1 Å². The molecule has 0 atom stereocenters. The molecule has 0 fully saturated rings. The molecule has 0 bridgehead atoms. The highest BCUT2D eigenvalue weighted by atomic mass is 32.2. The van der Waals surface area contributed by atoms with Gasteiger partial charge in [-0.25, -0.2) is 0 Å². The Morgan fingerprint density at radius 2 is 2.10 bits per heavy atom. The number of Topliss-reactive ketones (excluding diaryl/α,β-unsaturated/α-hetero) is 1. The normalized spacial score (nSPS) is 9.80. The zero-order valence-corrected chi connectivity index (χ0v) is 7.67. The number of thioether (sulfide) groups is 1. The molecule has 0 N–H and O–H groups in total. The predicted octanol–water partition coefficient (Wildman–Crippen LogP) is 2.50. The molecule has 60 valence electrons. The standard InChI is InChI=1S/C8H16OS/c1-3-4-6-10-7-5-8(2)9/h3-7H2,1-2H3. The second-order valence-electron chi connectivity index (χ2n) is 2.42. The molecule has 1 nitrogen and oxygen atoms in total. The molecule has 0 radical (unpaired) electrons. The Morgan fingerprint density at radius 3 is 2.60 bits per heavy atom. The van der Waals surface area contributed by atoms with Gasteiger partial charge in [0, 0.05) is 12.2 Å². The zero-order chi connectivity index (χ0) is 7.82. The van der Waals surface area contributed by atoms with Crippen LogP contribution >= 0.6 is 11.8 Å². The highest BCUT2D eigenvalue weighted by Gasteiger charge is 1.92. The van der Waals surface area contributed by atoms with Gasteiger partial charge in [-0.3, -0.25) is 4.79 Å². The van der Waals surface area contributed by atoms with Crippen molar-refractivity contribution < 1.29 is 4.79 Å². The smallest absolute Gasteiger partial charge is 0.130 e. The van der Waals surface area contributed by atoms with Gasteiger partial charge in [0.05, 0.1) is 0 Å². The van der Waals surface area contributed by atoms with Gasteiger partial charge in [-0.1, -0.05) is 13.3 Å². The summed E-state index contributed by atoms with van der Waals surface area (Å²) in [6.45, 7) is 3.84. The Hall–Kier alpha value is 0.0200. The van der Waals surface area contributed by atoms with Gasteiger partial charge in [0.2, 0.25) is 0 Å².